The van der Waals surface area contributed by atoms with E-state index < -0.39 is 5.97 Å². The highest BCUT2D eigenvalue weighted by Crippen LogP contribution is 2.34. The first-order valence-electron chi connectivity index (χ1n) is 5.33. The maximum absolute atomic E-state index is 10.9. The molecule has 0 amide bonds. The van der Waals surface area contributed by atoms with Gasteiger partial charge in [0.05, 0.1) is 5.92 Å². The zero-order chi connectivity index (χ0) is 12.1. The Morgan fingerprint density at radius 1 is 1.53 bits per heavy atom. The van der Waals surface area contributed by atoms with Crippen LogP contribution in [0.15, 0.2) is 24.3 Å². The van der Waals surface area contributed by atoms with Crippen LogP contribution < -0.4 is 0 Å². The minimum Gasteiger partial charge on any atom is -0.481 e. The van der Waals surface area contributed by atoms with Crippen LogP contribution in [-0.2, 0) is 4.79 Å². The number of rotatable bonds is 6. The highest BCUT2D eigenvalue weighted by molar-refractivity contribution is 5.70. The van der Waals surface area contributed by atoms with Crippen molar-refractivity contribution < 1.29 is 9.90 Å². The molecule has 0 aliphatic heterocycles. The molecule has 0 radical (unpaired) electrons. The minimum absolute atomic E-state index is 0.322. The monoisotopic (exact) mass is 210 g/mol. The molecule has 0 aromatic rings. The number of carboxylic acids is 1. The Kier molecular flexibility index (Phi) is 5.34. The van der Waals surface area contributed by atoms with Gasteiger partial charge in [-0.25, -0.2) is 0 Å². The van der Waals surface area contributed by atoms with E-state index in [9.17, 15) is 4.79 Å². The quantitative estimate of drug-likeness (QED) is 0.679. The first kappa shape index (κ1) is 13.9. The summed E-state index contributed by atoms with van der Waals surface area (Å²) in [6.45, 7) is 11.5. The van der Waals surface area contributed by atoms with Gasteiger partial charge in [-0.3, -0.25) is 4.79 Å². The Hall–Kier alpha value is -1.05. The van der Waals surface area contributed by atoms with E-state index in [0.29, 0.717) is 0 Å². The molecule has 0 heterocycles. The first-order valence-corrected chi connectivity index (χ1v) is 5.33. The lowest BCUT2D eigenvalue weighted by Crippen LogP contribution is -2.29. The second-order valence-corrected chi connectivity index (χ2v) is 4.59. The van der Waals surface area contributed by atoms with Crippen LogP contribution in [0.4, 0.5) is 0 Å². The molecule has 0 saturated carbocycles. The van der Waals surface area contributed by atoms with Crippen LogP contribution in [0, 0.1) is 11.3 Å². The van der Waals surface area contributed by atoms with Crippen molar-refractivity contribution in [2.45, 2.75) is 40.5 Å². The van der Waals surface area contributed by atoms with E-state index in [2.05, 4.69) is 12.7 Å². The van der Waals surface area contributed by atoms with Crippen LogP contribution in [0.2, 0.25) is 0 Å². The summed E-state index contributed by atoms with van der Waals surface area (Å²) >= 11 is 0. The topological polar surface area (TPSA) is 37.3 Å². The van der Waals surface area contributed by atoms with Gasteiger partial charge in [0.1, 0.15) is 0 Å². The number of hydrogen-bond donors (Lipinski definition) is 1. The van der Waals surface area contributed by atoms with Crippen molar-refractivity contribution in [1.29, 1.82) is 0 Å². The summed E-state index contributed by atoms with van der Waals surface area (Å²) in [5, 5.41) is 8.99. The maximum Gasteiger partial charge on any atom is 0.307 e. The van der Waals surface area contributed by atoms with Gasteiger partial charge in [-0.05, 0) is 32.1 Å². The van der Waals surface area contributed by atoms with Gasteiger partial charge < -0.3 is 5.11 Å². The summed E-state index contributed by atoms with van der Waals surface area (Å²) in [5.74, 6) is -1.14. The predicted molar refractivity (Wildman–Crippen MR) is 63.8 cm³/mol. The Balaban J connectivity index is 4.51. The molecule has 0 bridgehead atoms. The van der Waals surface area contributed by atoms with E-state index in [4.69, 9.17) is 5.11 Å². The van der Waals surface area contributed by atoms with E-state index in [0.717, 1.165) is 12.8 Å². The van der Waals surface area contributed by atoms with Crippen molar-refractivity contribution in [3.63, 3.8) is 0 Å². The molecule has 0 spiro atoms. The Labute approximate surface area is 92.7 Å². The lowest BCUT2D eigenvalue weighted by atomic mass is 9.74. The molecule has 2 atom stereocenters. The van der Waals surface area contributed by atoms with E-state index in [1.165, 1.54) is 5.57 Å². The predicted octanol–water partition coefficient (Wildman–Crippen LogP) is 3.65. The van der Waals surface area contributed by atoms with Crippen molar-refractivity contribution in [2.24, 2.45) is 11.3 Å². The fraction of sp³-hybridized carbons (Fsp3) is 0.615. The molecule has 0 unspecified atom stereocenters. The third-order valence-electron chi connectivity index (χ3n) is 3.06. The van der Waals surface area contributed by atoms with Crippen LogP contribution in [0.3, 0.4) is 0 Å². The van der Waals surface area contributed by atoms with Crippen LogP contribution in [0.1, 0.15) is 40.5 Å². The molecule has 0 rings (SSSR count). The van der Waals surface area contributed by atoms with Gasteiger partial charge in [-0.1, -0.05) is 31.6 Å². The molecular weight excluding hydrogens is 188 g/mol. The fourth-order valence-electron chi connectivity index (χ4n) is 1.45. The van der Waals surface area contributed by atoms with Crippen LogP contribution in [0.5, 0.6) is 0 Å². The maximum atomic E-state index is 10.9. The van der Waals surface area contributed by atoms with Gasteiger partial charge in [-0.2, -0.15) is 0 Å². The molecule has 0 saturated heterocycles. The molecule has 0 aliphatic carbocycles. The third kappa shape index (κ3) is 4.32. The van der Waals surface area contributed by atoms with Crippen LogP contribution in [0.25, 0.3) is 0 Å². The minimum atomic E-state index is -0.755. The van der Waals surface area contributed by atoms with Gasteiger partial charge >= 0.3 is 5.97 Å². The van der Waals surface area contributed by atoms with E-state index >= 15 is 0 Å². The average molecular weight is 210 g/mol. The van der Waals surface area contributed by atoms with Crippen LogP contribution in [-0.4, -0.2) is 11.1 Å². The molecule has 2 nitrogen and oxygen atoms in total. The SMILES string of the molecule is C=C[C@](C)(CCC=C(C)C)[C@@H](C)C(=O)O. The van der Waals surface area contributed by atoms with E-state index in [1.807, 2.05) is 20.8 Å². The molecule has 15 heavy (non-hydrogen) atoms. The van der Waals surface area contributed by atoms with Crippen LogP contribution >= 0.6 is 0 Å². The highest BCUT2D eigenvalue weighted by Gasteiger charge is 2.32. The number of aliphatic carboxylic acids is 1. The summed E-state index contributed by atoms with van der Waals surface area (Å²) in [7, 11) is 0. The third-order valence-corrected chi connectivity index (χ3v) is 3.06. The van der Waals surface area contributed by atoms with Crippen molar-refractivity contribution >= 4 is 5.97 Å². The fourth-order valence-corrected chi connectivity index (χ4v) is 1.45. The standard InChI is InChI=1S/C13H22O2/c1-6-13(5,11(4)12(14)15)9-7-8-10(2)3/h6,8,11H,1,7,9H2,2-5H3,(H,14,15)/t11-,13+/m0/s1. The van der Waals surface area contributed by atoms with Crippen molar-refractivity contribution in [2.75, 3.05) is 0 Å². The molecular formula is C13H22O2. The zero-order valence-electron chi connectivity index (χ0n) is 10.2. The van der Waals surface area contributed by atoms with Gasteiger partial charge in [0.2, 0.25) is 0 Å². The molecule has 1 N–H and O–H groups in total. The summed E-state index contributed by atoms with van der Waals surface area (Å²) < 4.78 is 0. The molecule has 2 heteroatoms. The normalized spacial score (nSPS) is 16.3. The number of hydrogen-bond acceptors (Lipinski definition) is 1. The second-order valence-electron chi connectivity index (χ2n) is 4.59. The number of allylic oxidation sites excluding steroid dienone is 3. The molecule has 0 aromatic heterocycles. The smallest absolute Gasteiger partial charge is 0.307 e. The summed E-state index contributed by atoms with van der Waals surface area (Å²) in [6, 6.07) is 0. The molecule has 0 aliphatic rings. The Morgan fingerprint density at radius 2 is 2.07 bits per heavy atom. The number of carbonyl (C=O) groups is 1. The summed E-state index contributed by atoms with van der Waals surface area (Å²) in [5.41, 5.74) is 0.946. The van der Waals surface area contributed by atoms with Gasteiger partial charge in [0.15, 0.2) is 0 Å². The van der Waals surface area contributed by atoms with Crippen molar-refractivity contribution in [1.82, 2.24) is 0 Å². The lowest BCUT2D eigenvalue weighted by Gasteiger charge is -2.29. The Morgan fingerprint density at radius 3 is 2.40 bits per heavy atom. The van der Waals surface area contributed by atoms with Crippen molar-refractivity contribution in [3.8, 4) is 0 Å². The van der Waals surface area contributed by atoms with E-state index in [-0.39, 0.29) is 11.3 Å². The Bertz CT molecular complexity index is 262. The van der Waals surface area contributed by atoms with Crippen molar-refractivity contribution in [3.05, 3.63) is 24.3 Å². The lowest BCUT2D eigenvalue weighted by molar-refractivity contribution is -0.144. The van der Waals surface area contributed by atoms with E-state index in [1.54, 1.807) is 13.0 Å². The average Bonchev–Trinajstić information content (AvgIpc) is 2.15. The number of carboxylic acid groups (broad SMARTS) is 1. The van der Waals surface area contributed by atoms with Gasteiger partial charge in [0.25, 0.3) is 0 Å². The largest absolute Gasteiger partial charge is 0.481 e. The van der Waals surface area contributed by atoms with Gasteiger partial charge in [0, 0.05) is 0 Å². The second kappa shape index (κ2) is 5.74. The summed E-state index contributed by atoms with van der Waals surface area (Å²) in [4.78, 5) is 10.9. The molecule has 0 fully saturated rings. The molecule has 86 valence electrons. The van der Waals surface area contributed by atoms with Gasteiger partial charge in [-0.15, -0.1) is 6.58 Å². The highest BCUT2D eigenvalue weighted by atomic mass is 16.4. The first-order chi connectivity index (χ1) is 6.83. The molecule has 0 aromatic carbocycles. The summed E-state index contributed by atoms with van der Waals surface area (Å²) in [6.07, 6.45) is 5.64. The zero-order valence-corrected chi connectivity index (χ0v) is 10.2.